The van der Waals surface area contributed by atoms with E-state index in [1.165, 1.54) is 42.0 Å². The lowest BCUT2D eigenvalue weighted by Crippen LogP contribution is -2.00. The van der Waals surface area contributed by atoms with Gasteiger partial charge >= 0.3 is 0 Å². The number of hydrogen-bond donors (Lipinski definition) is 0. The second kappa shape index (κ2) is 12.6. The van der Waals surface area contributed by atoms with Crippen LogP contribution in [0.4, 0.5) is 0 Å². The highest BCUT2D eigenvalue weighted by atomic mass is 32.1. The zero-order chi connectivity index (χ0) is 37.5. The largest absolute Gasteiger partial charge is 0.455 e. The molecule has 0 aliphatic carbocycles. The molecule has 0 atom stereocenters. The van der Waals surface area contributed by atoms with Crippen molar-refractivity contribution in [1.82, 2.24) is 19.5 Å². The zero-order valence-electron chi connectivity index (χ0n) is 30.4. The summed E-state index contributed by atoms with van der Waals surface area (Å²) in [5.74, 6) is 1.80. The Morgan fingerprint density at radius 2 is 0.895 bits per heavy atom. The number of nitrogens with zero attached hydrogens (tertiary/aromatic N) is 4. The van der Waals surface area contributed by atoms with Gasteiger partial charge in [-0.2, -0.15) is 0 Å². The minimum Gasteiger partial charge on any atom is -0.455 e. The van der Waals surface area contributed by atoms with Gasteiger partial charge in [0, 0.05) is 69.7 Å². The number of thiophene rings is 1. The second-order valence-corrected chi connectivity index (χ2v) is 15.4. The van der Waals surface area contributed by atoms with Crippen molar-refractivity contribution in [1.29, 1.82) is 0 Å². The molecule has 8 aromatic carbocycles. The first kappa shape index (κ1) is 31.9. The Hall–Kier alpha value is -7.41. The average molecular weight is 747 g/mol. The molecule has 0 unspecified atom stereocenters. The maximum Gasteiger partial charge on any atom is 0.167 e. The molecule has 0 amide bonds. The summed E-state index contributed by atoms with van der Waals surface area (Å²) in [6.45, 7) is 0. The maximum absolute atomic E-state index is 6.99. The summed E-state index contributed by atoms with van der Waals surface area (Å²) in [6.07, 6.45) is 0. The summed E-state index contributed by atoms with van der Waals surface area (Å²) in [6, 6.07) is 63.7. The van der Waals surface area contributed by atoms with Gasteiger partial charge in [-0.15, -0.1) is 11.3 Å². The molecular weight excluding hydrogens is 717 g/mol. The Morgan fingerprint density at radius 3 is 1.54 bits per heavy atom. The van der Waals surface area contributed by atoms with Crippen molar-refractivity contribution in [2.75, 3.05) is 0 Å². The molecular formula is C51H30N4OS. The Balaban J connectivity index is 1.03. The van der Waals surface area contributed by atoms with Gasteiger partial charge in [-0.3, -0.25) is 0 Å². The second-order valence-electron chi connectivity index (χ2n) is 14.3. The highest BCUT2D eigenvalue weighted by molar-refractivity contribution is 7.26. The van der Waals surface area contributed by atoms with Gasteiger partial charge in [-0.1, -0.05) is 152 Å². The average Bonchev–Trinajstić information content (AvgIpc) is 3.96. The molecule has 0 spiro atoms. The topological polar surface area (TPSA) is 56.7 Å². The van der Waals surface area contributed by atoms with Crippen LogP contribution < -0.4 is 0 Å². The third-order valence-electron chi connectivity index (χ3n) is 11.1. The minimum atomic E-state index is 0.569. The number of rotatable bonds is 5. The van der Waals surface area contributed by atoms with Crippen molar-refractivity contribution < 1.29 is 4.42 Å². The standard InChI is InChI=1S/C51H30N4OS/c1-3-14-31(15-4-1)49-52-50(32-16-5-2-6-17-32)54-51(53-49)42-25-12-21-38-37-20-11-22-39(46(37)56-47(38)42)41-24-13-23-40-36-29-28-33(30-45(36)57-48(40)41)55-43-26-9-7-18-34(43)35-19-8-10-27-44(35)55/h1-30H. The highest BCUT2D eigenvalue weighted by Crippen LogP contribution is 2.45. The summed E-state index contributed by atoms with van der Waals surface area (Å²) >= 11 is 1.84. The van der Waals surface area contributed by atoms with Crippen LogP contribution in [-0.4, -0.2) is 19.5 Å². The van der Waals surface area contributed by atoms with Gasteiger partial charge in [0.1, 0.15) is 11.2 Å². The Labute approximate surface area is 330 Å². The van der Waals surface area contributed by atoms with Gasteiger partial charge in [0.25, 0.3) is 0 Å². The van der Waals surface area contributed by atoms with Crippen LogP contribution in [0.25, 0.3) is 115 Å². The molecule has 6 heteroatoms. The highest BCUT2D eigenvalue weighted by Gasteiger charge is 2.21. The van der Waals surface area contributed by atoms with E-state index in [4.69, 9.17) is 19.4 Å². The summed E-state index contributed by atoms with van der Waals surface area (Å²) in [5.41, 5.74) is 10.1. The first-order chi connectivity index (χ1) is 28.3. The third-order valence-corrected chi connectivity index (χ3v) is 12.3. The van der Waals surface area contributed by atoms with E-state index in [-0.39, 0.29) is 0 Å². The predicted octanol–water partition coefficient (Wildman–Crippen LogP) is 13.9. The van der Waals surface area contributed by atoms with Crippen LogP contribution in [0.15, 0.2) is 186 Å². The molecule has 266 valence electrons. The van der Waals surface area contributed by atoms with Gasteiger partial charge in [0.15, 0.2) is 17.5 Å². The van der Waals surface area contributed by atoms with E-state index >= 15 is 0 Å². The first-order valence-electron chi connectivity index (χ1n) is 19.0. The van der Waals surface area contributed by atoms with E-state index in [1.807, 2.05) is 78.1 Å². The minimum absolute atomic E-state index is 0.569. The van der Waals surface area contributed by atoms with Gasteiger partial charge in [0.2, 0.25) is 0 Å². The zero-order valence-corrected chi connectivity index (χ0v) is 31.2. The van der Waals surface area contributed by atoms with E-state index in [0.717, 1.165) is 55.4 Å². The van der Waals surface area contributed by atoms with Crippen molar-refractivity contribution in [2.45, 2.75) is 0 Å². The predicted molar refractivity (Wildman–Crippen MR) is 236 cm³/mol. The van der Waals surface area contributed by atoms with E-state index in [9.17, 15) is 0 Å². The number of para-hydroxylation sites is 4. The lowest BCUT2D eigenvalue weighted by Gasteiger charge is -2.08. The van der Waals surface area contributed by atoms with E-state index < -0.39 is 0 Å². The Bertz CT molecular complexity index is 3420. The van der Waals surface area contributed by atoms with Crippen molar-refractivity contribution in [3.63, 3.8) is 0 Å². The molecule has 0 aliphatic heterocycles. The van der Waals surface area contributed by atoms with Crippen LogP contribution in [0, 0.1) is 0 Å². The molecule has 0 radical (unpaired) electrons. The van der Waals surface area contributed by atoms with Crippen LogP contribution in [0.2, 0.25) is 0 Å². The summed E-state index contributed by atoms with van der Waals surface area (Å²) < 4.78 is 11.9. The fourth-order valence-corrected chi connectivity index (χ4v) is 9.74. The third kappa shape index (κ3) is 4.98. The Morgan fingerprint density at radius 1 is 0.386 bits per heavy atom. The summed E-state index contributed by atoms with van der Waals surface area (Å²) in [4.78, 5) is 15.0. The molecule has 57 heavy (non-hydrogen) atoms. The molecule has 12 rings (SSSR count). The monoisotopic (exact) mass is 746 g/mol. The van der Waals surface area contributed by atoms with Crippen LogP contribution in [-0.2, 0) is 0 Å². The number of fused-ring (bicyclic) bond motifs is 9. The normalized spacial score (nSPS) is 11.9. The molecule has 4 heterocycles. The van der Waals surface area contributed by atoms with Crippen LogP contribution in [0.1, 0.15) is 0 Å². The molecule has 0 aliphatic rings. The van der Waals surface area contributed by atoms with Crippen molar-refractivity contribution >= 4 is 75.3 Å². The lowest BCUT2D eigenvalue weighted by atomic mass is 10.00. The lowest BCUT2D eigenvalue weighted by molar-refractivity contribution is 0.670. The fourth-order valence-electron chi connectivity index (χ4n) is 8.48. The van der Waals surface area contributed by atoms with Gasteiger partial charge < -0.3 is 8.98 Å². The molecule has 0 bridgehead atoms. The first-order valence-corrected chi connectivity index (χ1v) is 19.8. The van der Waals surface area contributed by atoms with Crippen LogP contribution >= 0.6 is 11.3 Å². The van der Waals surface area contributed by atoms with Crippen molar-refractivity contribution in [2.24, 2.45) is 0 Å². The molecule has 12 aromatic rings. The van der Waals surface area contributed by atoms with Gasteiger partial charge in [-0.25, -0.2) is 15.0 Å². The fraction of sp³-hybridized carbons (Fsp3) is 0. The number of benzene rings is 8. The summed E-state index contributed by atoms with van der Waals surface area (Å²) in [7, 11) is 0. The SMILES string of the molecule is c1ccc(-c2nc(-c3ccccc3)nc(-c3cccc4c3oc3c(-c5cccc6c5sc5cc(-n7c8ccccc8c8ccccc87)ccc56)cccc34)n2)cc1. The van der Waals surface area contributed by atoms with E-state index in [2.05, 4.69) is 120 Å². The summed E-state index contributed by atoms with van der Waals surface area (Å²) in [5, 5.41) is 7.08. The van der Waals surface area contributed by atoms with Crippen LogP contribution in [0.5, 0.6) is 0 Å². The van der Waals surface area contributed by atoms with Gasteiger partial charge in [-0.05, 0) is 30.3 Å². The van der Waals surface area contributed by atoms with Crippen molar-refractivity contribution in [3.05, 3.63) is 182 Å². The smallest absolute Gasteiger partial charge is 0.167 e. The quantitative estimate of drug-likeness (QED) is 0.176. The molecule has 0 N–H and O–H groups in total. The Kier molecular flexibility index (Phi) is 7.03. The number of hydrogen-bond acceptors (Lipinski definition) is 5. The van der Waals surface area contributed by atoms with E-state index in [1.54, 1.807) is 0 Å². The van der Waals surface area contributed by atoms with Gasteiger partial charge in [0.05, 0.1) is 16.6 Å². The molecule has 4 aromatic heterocycles. The molecule has 5 nitrogen and oxygen atoms in total. The van der Waals surface area contributed by atoms with Crippen LogP contribution in [0.3, 0.4) is 0 Å². The molecule has 0 fully saturated rings. The van der Waals surface area contributed by atoms with E-state index in [0.29, 0.717) is 17.5 Å². The van der Waals surface area contributed by atoms with Crippen molar-refractivity contribution in [3.8, 4) is 51.0 Å². The molecule has 0 saturated heterocycles. The number of furan rings is 1. The maximum atomic E-state index is 6.99. The molecule has 0 saturated carbocycles. The number of aromatic nitrogens is 4.